The molecule has 4 heteroatoms. The maximum absolute atomic E-state index is 11.7. The average molecular weight is 239 g/mol. The third-order valence-corrected chi connectivity index (χ3v) is 4.39. The van der Waals surface area contributed by atoms with Crippen LogP contribution in [-0.4, -0.2) is 13.1 Å². The SMILES string of the molecule is CCC1CCCc2sc(N)c(C(=O)OC)c21. The van der Waals surface area contributed by atoms with Crippen LogP contribution in [0.25, 0.3) is 0 Å². The van der Waals surface area contributed by atoms with Gasteiger partial charge in [0.15, 0.2) is 0 Å². The number of ether oxygens (including phenoxy) is 1. The van der Waals surface area contributed by atoms with Crippen LogP contribution < -0.4 is 5.73 Å². The van der Waals surface area contributed by atoms with E-state index in [0.29, 0.717) is 16.5 Å². The Bertz CT molecular complexity index is 411. The summed E-state index contributed by atoms with van der Waals surface area (Å²) in [5.41, 5.74) is 7.74. The highest BCUT2D eigenvalue weighted by atomic mass is 32.1. The van der Waals surface area contributed by atoms with E-state index in [2.05, 4.69) is 6.92 Å². The summed E-state index contributed by atoms with van der Waals surface area (Å²) in [5, 5.41) is 0.622. The number of carbonyl (C=O) groups excluding carboxylic acids is 1. The van der Waals surface area contributed by atoms with E-state index in [1.54, 1.807) is 11.3 Å². The van der Waals surface area contributed by atoms with Crippen molar-refractivity contribution in [1.82, 2.24) is 0 Å². The maximum Gasteiger partial charge on any atom is 0.341 e. The molecule has 0 saturated carbocycles. The number of hydrogen-bond donors (Lipinski definition) is 1. The van der Waals surface area contributed by atoms with Crippen molar-refractivity contribution in [3.8, 4) is 0 Å². The molecule has 88 valence electrons. The van der Waals surface area contributed by atoms with Crippen LogP contribution in [0.1, 0.15) is 52.9 Å². The Labute approximate surface area is 99.6 Å². The minimum Gasteiger partial charge on any atom is -0.465 e. The summed E-state index contributed by atoms with van der Waals surface area (Å²) in [4.78, 5) is 13.0. The summed E-state index contributed by atoms with van der Waals surface area (Å²) in [5.74, 6) is 0.196. The molecule has 1 aromatic rings. The summed E-state index contributed by atoms with van der Waals surface area (Å²) in [6.45, 7) is 2.16. The molecule has 0 fully saturated rings. The van der Waals surface area contributed by atoms with Gasteiger partial charge in [0.05, 0.1) is 12.7 Å². The van der Waals surface area contributed by atoms with Crippen molar-refractivity contribution in [2.45, 2.75) is 38.5 Å². The lowest BCUT2D eigenvalue weighted by Crippen LogP contribution is -2.13. The fourth-order valence-electron chi connectivity index (χ4n) is 2.50. The Kier molecular flexibility index (Phi) is 3.19. The lowest BCUT2D eigenvalue weighted by Gasteiger charge is -2.22. The lowest BCUT2D eigenvalue weighted by molar-refractivity contribution is 0.0600. The number of carbonyl (C=O) groups is 1. The first kappa shape index (κ1) is 11.5. The molecule has 16 heavy (non-hydrogen) atoms. The lowest BCUT2D eigenvalue weighted by atomic mass is 9.83. The molecular formula is C12H17NO2S. The predicted molar refractivity (Wildman–Crippen MR) is 66.0 cm³/mol. The van der Waals surface area contributed by atoms with Gasteiger partial charge in [-0.1, -0.05) is 6.92 Å². The molecule has 2 rings (SSSR count). The first-order valence-corrected chi connectivity index (χ1v) is 6.50. The van der Waals surface area contributed by atoms with E-state index < -0.39 is 0 Å². The largest absolute Gasteiger partial charge is 0.465 e. The van der Waals surface area contributed by atoms with Crippen molar-refractivity contribution in [3.63, 3.8) is 0 Å². The Hall–Kier alpha value is -1.03. The van der Waals surface area contributed by atoms with Crippen molar-refractivity contribution < 1.29 is 9.53 Å². The number of hydrogen-bond acceptors (Lipinski definition) is 4. The van der Waals surface area contributed by atoms with E-state index in [4.69, 9.17) is 10.5 Å². The van der Waals surface area contributed by atoms with Gasteiger partial charge in [0.25, 0.3) is 0 Å². The molecule has 0 aliphatic heterocycles. The second-order valence-electron chi connectivity index (χ2n) is 4.17. The fourth-order valence-corrected chi connectivity index (χ4v) is 3.69. The predicted octanol–water partition coefficient (Wildman–Crippen LogP) is 2.95. The zero-order valence-electron chi connectivity index (χ0n) is 9.71. The number of esters is 1. The van der Waals surface area contributed by atoms with E-state index >= 15 is 0 Å². The van der Waals surface area contributed by atoms with E-state index in [-0.39, 0.29) is 5.97 Å². The number of nitrogen functional groups attached to an aromatic ring is 1. The minimum absolute atomic E-state index is 0.282. The molecule has 1 unspecified atom stereocenters. The number of methoxy groups -OCH3 is 1. The van der Waals surface area contributed by atoms with Crippen molar-refractivity contribution in [3.05, 3.63) is 16.0 Å². The normalized spacial score (nSPS) is 19.2. The van der Waals surface area contributed by atoms with E-state index in [1.165, 1.54) is 24.0 Å². The van der Waals surface area contributed by atoms with Gasteiger partial charge in [0, 0.05) is 4.88 Å². The van der Waals surface area contributed by atoms with Gasteiger partial charge in [0.2, 0.25) is 0 Å². The third-order valence-electron chi connectivity index (χ3n) is 3.30. The first-order valence-electron chi connectivity index (χ1n) is 5.68. The molecule has 0 radical (unpaired) electrons. The van der Waals surface area contributed by atoms with Crippen LogP contribution in [0, 0.1) is 0 Å². The Balaban J connectivity index is 2.52. The molecule has 0 spiro atoms. The zero-order valence-corrected chi connectivity index (χ0v) is 10.5. The van der Waals surface area contributed by atoms with E-state index in [1.807, 2.05) is 0 Å². The highest BCUT2D eigenvalue weighted by Crippen LogP contribution is 2.43. The Morgan fingerprint density at radius 3 is 3.00 bits per heavy atom. The van der Waals surface area contributed by atoms with Crippen molar-refractivity contribution >= 4 is 22.3 Å². The quantitative estimate of drug-likeness (QED) is 0.807. The maximum atomic E-state index is 11.7. The molecule has 1 aliphatic carbocycles. The molecule has 2 N–H and O–H groups in total. The number of nitrogens with two attached hydrogens (primary N) is 1. The average Bonchev–Trinajstić information content (AvgIpc) is 2.63. The van der Waals surface area contributed by atoms with Gasteiger partial charge < -0.3 is 10.5 Å². The number of anilines is 1. The smallest absolute Gasteiger partial charge is 0.341 e. The summed E-state index contributed by atoms with van der Waals surface area (Å²) < 4.78 is 4.82. The zero-order chi connectivity index (χ0) is 11.7. The number of fused-ring (bicyclic) bond motifs is 1. The molecule has 3 nitrogen and oxygen atoms in total. The first-order chi connectivity index (χ1) is 7.69. The van der Waals surface area contributed by atoms with Gasteiger partial charge in [-0.2, -0.15) is 0 Å². The van der Waals surface area contributed by atoms with Gasteiger partial charge in [-0.3, -0.25) is 0 Å². The molecule has 0 aromatic carbocycles. The van der Waals surface area contributed by atoms with Crippen LogP contribution in [0.2, 0.25) is 0 Å². The number of thiophene rings is 1. The molecule has 1 atom stereocenters. The second-order valence-corrected chi connectivity index (χ2v) is 5.30. The standard InChI is InChI=1S/C12H17NO2S/c1-3-7-5-4-6-8-9(7)10(11(13)16-8)12(14)15-2/h7H,3-6,13H2,1-2H3. The van der Waals surface area contributed by atoms with Crippen molar-refractivity contribution in [2.75, 3.05) is 12.8 Å². The van der Waals surface area contributed by atoms with Gasteiger partial charge in [-0.25, -0.2) is 4.79 Å². The van der Waals surface area contributed by atoms with Gasteiger partial charge in [0.1, 0.15) is 5.00 Å². The highest BCUT2D eigenvalue weighted by molar-refractivity contribution is 7.16. The number of rotatable bonds is 2. The second kappa shape index (κ2) is 4.45. The van der Waals surface area contributed by atoms with Gasteiger partial charge in [-0.15, -0.1) is 11.3 Å². The summed E-state index contributed by atoms with van der Waals surface area (Å²) in [6.07, 6.45) is 4.47. The summed E-state index contributed by atoms with van der Waals surface area (Å²) in [6, 6.07) is 0. The molecular weight excluding hydrogens is 222 g/mol. The van der Waals surface area contributed by atoms with E-state index in [9.17, 15) is 4.79 Å². The van der Waals surface area contributed by atoms with Crippen LogP contribution in [0.4, 0.5) is 5.00 Å². The minimum atomic E-state index is -0.282. The topological polar surface area (TPSA) is 52.3 Å². The van der Waals surface area contributed by atoms with Gasteiger partial charge in [-0.05, 0) is 37.2 Å². The Morgan fingerprint density at radius 1 is 1.62 bits per heavy atom. The fraction of sp³-hybridized carbons (Fsp3) is 0.583. The van der Waals surface area contributed by atoms with Gasteiger partial charge >= 0.3 is 5.97 Å². The van der Waals surface area contributed by atoms with Crippen LogP contribution in [-0.2, 0) is 11.2 Å². The molecule has 1 aliphatic rings. The van der Waals surface area contributed by atoms with Crippen molar-refractivity contribution in [2.24, 2.45) is 0 Å². The third kappa shape index (κ3) is 1.71. The van der Waals surface area contributed by atoms with Crippen LogP contribution in [0.15, 0.2) is 0 Å². The van der Waals surface area contributed by atoms with Crippen LogP contribution >= 0.6 is 11.3 Å². The summed E-state index contributed by atoms with van der Waals surface area (Å²) >= 11 is 1.56. The monoisotopic (exact) mass is 239 g/mol. The molecule has 1 aromatic heterocycles. The van der Waals surface area contributed by atoms with Crippen LogP contribution in [0.5, 0.6) is 0 Å². The number of aryl methyl sites for hydroxylation is 1. The van der Waals surface area contributed by atoms with Crippen LogP contribution in [0.3, 0.4) is 0 Å². The van der Waals surface area contributed by atoms with E-state index in [0.717, 1.165) is 19.3 Å². The molecule has 0 bridgehead atoms. The molecule has 0 saturated heterocycles. The molecule has 0 amide bonds. The van der Waals surface area contributed by atoms with Crippen molar-refractivity contribution in [1.29, 1.82) is 0 Å². The highest BCUT2D eigenvalue weighted by Gasteiger charge is 2.29. The Morgan fingerprint density at radius 2 is 2.38 bits per heavy atom. The molecule has 1 heterocycles. The summed E-state index contributed by atoms with van der Waals surface area (Å²) in [7, 11) is 1.41.